The lowest BCUT2D eigenvalue weighted by Crippen LogP contribution is -2.28. The molecule has 13 nitrogen and oxygen atoms in total. The molecule has 15 heteroatoms. The van der Waals surface area contributed by atoms with Gasteiger partial charge in [0.25, 0.3) is 0 Å². The van der Waals surface area contributed by atoms with Crippen LogP contribution < -0.4 is 11.4 Å². The molecule has 1 fully saturated rings. The second-order valence-electron chi connectivity index (χ2n) is 4.81. The van der Waals surface area contributed by atoms with E-state index in [-0.39, 0.29) is 12.2 Å². The first-order valence-corrected chi connectivity index (χ1v) is 9.42. The Hall–Kier alpha value is -1.14. The van der Waals surface area contributed by atoms with Gasteiger partial charge in [0.1, 0.15) is 18.1 Å². The van der Waals surface area contributed by atoms with Gasteiger partial charge in [-0.05, 0) is 6.07 Å². The summed E-state index contributed by atoms with van der Waals surface area (Å²) in [6.45, 7) is -0.706. The summed E-state index contributed by atoms with van der Waals surface area (Å²) in [6, 6.07) is 1.34. The van der Waals surface area contributed by atoms with E-state index in [0.29, 0.717) is 0 Å². The number of aliphatic hydroxyl groups is 1. The third-order valence-electron chi connectivity index (χ3n) is 2.98. The molecule has 1 saturated heterocycles. The molecule has 4 atom stereocenters. The highest BCUT2D eigenvalue weighted by Gasteiger charge is 2.39. The van der Waals surface area contributed by atoms with Crippen molar-refractivity contribution < 1.29 is 42.5 Å². The van der Waals surface area contributed by atoms with Crippen LogP contribution in [0.2, 0.25) is 0 Å². The summed E-state index contributed by atoms with van der Waals surface area (Å²) >= 11 is 0. The van der Waals surface area contributed by atoms with E-state index < -0.39 is 46.4 Å². The van der Waals surface area contributed by atoms with Crippen LogP contribution in [0.4, 0.5) is 5.82 Å². The quantitative estimate of drug-likeness (QED) is 0.361. The molecule has 0 aliphatic carbocycles. The number of hydrogen-bond acceptors (Lipinski definition) is 9. The van der Waals surface area contributed by atoms with Crippen LogP contribution in [0.5, 0.6) is 0 Å². The molecule has 0 radical (unpaired) electrons. The minimum Gasteiger partial charge on any atom is -0.390 e. The molecule has 24 heavy (non-hydrogen) atoms. The number of aromatic nitrogens is 2. The molecule has 2 unspecified atom stereocenters. The number of nitrogens with two attached hydrogens (primary N) is 1. The largest absolute Gasteiger partial charge is 0.481 e. The van der Waals surface area contributed by atoms with E-state index in [0.717, 1.165) is 4.57 Å². The first-order valence-electron chi connectivity index (χ1n) is 6.39. The van der Waals surface area contributed by atoms with Crippen molar-refractivity contribution in [3.05, 3.63) is 22.7 Å². The van der Waals surface area contributed by atoms with Crippen molar-refractivity contribution in [2.75, 3.05) is 12.3 Å². The van der Waals surface area contributed by atoms with E-state index >= 15 is 0 Å². The number of ether oxygens (including phenoxy) is 1. The minimum absolute atomic E-state index is 0.00508. The van der Waals surface area contributed by atoms with Gasteiger partial charge < -0.3 is 30.3 Å². The predicted molar refractivity (Wildman–Crippen MR) is 76.3 cm³/mol. The number of aliphatic hydroxyl groups excluding tert-OH is 1. The number of rotatable bonds is 6. The maximum Gasteiger partial charge on any atom is 0.481 e. The zero-order chi connectivity index (χ0) is 18.1. The fraction of sp³-hybridized carbons (Fsp3) is 0.556. The van der Waals surface area contributed by atoms with Crippen LogP contribution in [0.1, 0.15) is 12.6 Å². The van der Waals surface area contributed by atoms with Crippen LogP contribution in [0.3, 0.4) is 0 Å². The topological polar surface area (TPSA) is 204 Å². The SMILES string of the molecule is Nc1ccn([C@H]2C[C@@H](O)C(COP(=O)(O)OP(=O)(O)O)O2)c(=O)n1. The van der Waals surface area contributed by atoms with Crippen LogP contribution in [0.15, 0.2) is 17.1 Å². The van der Waals surface area contributed by atoms with Gasteiger partial charge in [0.05, 0.1) is 12.7 Å². The first-order chi connectivity index (χ1) is 11.0. The molecule has 6 N–H and O–H groups in total. The lowest BCUT2D eigenvalue weighted by atomic mass is 10.2. The number of phosphoric ester groups is 1. The lowest BCUT2D eigenvalue weighted by molar-refractivity contribution is -0.0449. The summed E-state index contributed by atoms with van der Waals surface area (Å²) in [5.41, 5.74) is 4.64. The van der Waals surface area contributed by atoms with Crippen molar-refractivity contribution in [3.8, 4) is 0 Å². The molecule has 1 aromatic heterocycles. The van der Waals surface area contributed by atoms with E-state index in [2.05, 4.69) is 13.8 Å². The average Bonchev–Trinajstić information content (AvgIpc) is 2.75. The molecule has 136 valence electrons. The minimum atomic E-state index is -5.24. The van der Waals surface area contributed by atoms with Crippen molar-refractivity contribution in [2.45, 2.75) is 24.9 Å². The Morgan fingerprint density at radius 1 is 1.42 bits per heavy atom. The monoisotopic (exact) mass is 387 g/mol. The Morgan fingerprint density at radius 2 is 2.08 bits per heavy atom. The molecule has 0 amide bonds. The highest BCUT2D eigenvalue weighted by Crippen LogP contribution is 2.57. The molecule has 1 aliphatic rings. The number of nitrogens with zero attached hydrogens (tertiary/aromatic N) is 2. The third-order valence-corrected chi connectivity index (χ3v) is 5.13. The normalized spacial score (nSPS) is 27.1. The summed E-state index contributed by atoms with van der Waals surface area (Å²) in [6.07, 6.45) is -1.97. The Labute approximate surface area is 134 Å². The van der Waals surface area contributed by atoms with E-state index in [4.69, 9.17) is 25.2 Å². The summed E-state index contributed by atoms with van der Waals surface area (Å²) < 4.78 is 36.2. The maximum atomic E-state index is 11.7. The Bertz CT molecular complexity index is 747. The van der Waals surface area contributed by atoms with Crippen LogP contribution >= 0.6 is 15.6 Å². The molecule has 0 aromatic carbocycles. The van der Waals surface area contributed by atoms with Crippen LogP contribution in [0.25, 0.3) is 0 Å². The zero-order valence-electron chi connectivity index (χ0n) is 11.9. The summed E-state index contributed by atoms with van der Waals surface area (Å²) in [7, 11) is -10.3. The predicted octanol–water partition coefficient (Wildman–Crippen LogP) is -1.30. The Kier molecular flexibility index (Phi) is 5.60. The highest BCUT2D eigenvalue weighted by atomic mass is 31.3. The van der Waals surface area contributed by atoms with Crippen molar-refractivity contribution >= 4 is 21.5 Å². The number of anilines is 1. The molecule has 2 heterocycles. The van der Waals surface area contributed by atoms with Gasteiger partial charge in [0.2, 0.25) is 0 Å². The van der Waals surface area contributed by atoms with Gasteiger partial charge in [-0.2, -0.15) is 9.29 Å². The van der Waals surface area contributed by atoms with E-state index in [9.17, 15) is 19.0 Å². The van der Waals surface area contributed by atoms with Crippen molar-refractivity contribution in [2.24, 2.45) is 0 Å². The third kappa shape index (κ3) is 5.18. The molecular formula is C9H15N3O10P2. The second kappa shape index (κ2) is 7.00. The van der Waals surface area contributed by atoms with Crippen molar-refractivity contribution in [1.29, 1.82) is 0 Å². The summed E-state index contributed by atoms with van der Waals surface area (Å²) in [5.74, 6) is 0.00508. The molecule has 1 aromatic rings. The van der Waals surface area contributed by atoms with Crippen LogP contribution in [0, 0.1) is 0 Å². The van der Waals surface area contributed by atoms with Gasteiger partial charge in [-0.3, -0.25) is 9.09 Å². The van der Waals surface area contributed by atoms with E-state index in [1.807, 2.05) is 0 Å². The summed E-state index contributed by atoms with van der Waals surface area (Å²) in [4.78, 5) is 41.3. The van der Waals surface area contributed by atoms with Crippen LogP contribution in [-0.4, -0.2) is 48.2 Å². The fourth-order valence-corrected chi connectivity index (χ4v) is 3.61. The molecule has 0 spiro atoms. The van der Waals surface area contributed by atoms with Crippen molar-refractivity contribution in [3.63, 3.8) is 0 Å². The van der Waals surface area contributed by atoms with E-state index in [1.54, 1.807) is 0 Å². The summed E-state index contributed by atoms with van der Waals surface area (Å²) in [5, 5.41) is 9.86. The molecular weight excluding hydrogens is 372 g/mol. The number of hydrogen-bond donors (Lipinski definition) is 5. The number of phosphoric acid groups is 2. The highest BCUT2D eigenvalue weighted by molar-refractivity contribution is 7.60. The standard InChI is InChI=1S/C9H15N3O10P2/c10-7-1-2-12(9(14)11-7)8-3-5(13)6(21-8)4-20-24(18,19)22-23(15,16)17/h1-2,5-6,8,13H,3-4H2,(H,18,19)(H2,10,11,14)(H2,15,16,17)/t5-,6?,8-/m1/s1. The van der Waals surface area contributed by atoms with Gasteiger partial charge in [-0.25, -0.2) is 13.9 Å². The van der Waals surface area contributed by atoms with Gasteiger partial charge in [-0.15, -0.1) is 0 Å². The number of nitrogen functional groups attached to an aromatic ring is 1. The van der Waals surface area contributed by atoms with E-state index in [1.165, 1.54) is 12.3 Å². The van der Waals surface area contributed by atoms with Gasteiger partial charge in [0.15, 0.2) is 0 Å². The lowest BCUT2D eigenvalue weighted by Gasteiger charge is -2.18. The average molecular weight is 387 g/mol. The van der Waals surface area contributed by atoms with Gasteiger partial charge in [0, 0.05) is 12.6 Å². The smallest absolute Gasteiger partial charge is 0.390 e. The fourth-order valence-electron chi connectivity index (χ4n) is 2.01. The van der Waals surface area contributed by atoms with Crippen LogP contribution in [-0.2, 0) is 22.7 Å². The zero-order valence-corrected chi connectivity index (χ0v) is 13.7. The first kappa shape index (κ1) is 19.2. The Balaban J connectivity index is 2.00. The second-order valence-corrected chi connectivity index (χ2v) is 7.64. The Morgan fingerprint density at radius 3 is 2.67 bits per heavy atom. The molecule has 0 saturated carbocycles. The van der Waals surface area contributed by atoms with Gasteiger partial charge in [-0.1, -0.05) is 0 Å². The molecule has 1 aliphatic heterocycles. The van der Waals surface area contributed by atoms with Crippen molar-refractivity contribution in [1.82, 2.24) is 9.55 Å². The maximum absolute atomic E-state index is 11.7. The molecule has 2 rings (SSSR count). The molecule has 0 bridgehead atoms. The van der Waals surface area contributed by atoms with Gasteiger partial charge >= 0.3 is 21.3 Å².